The fourth-order valence-corrected chi connectivity index (χ4v) is 2.92. The van der Waals surface area contributed by atoms with Crippen molar-refractivity contribution < 1.29 is 0 Å². The van der Waals surface area contributed by atoms with Crippen molar-refractivity contribution in [2.24, 2.45) is 0 Å². The number of nitrogens with zero attached hydrogens (tertiary/aromatic N) is 1. The molecule has 2 nitrogen and oxygen atoms in total. The van der Waals surface area contributed by atoms with E-state index in [1.165, 1.54) is 56.2 Å². The Morgan fingerprint density at radius 1 is 1.11 bits per heavy atom. The second-order valence-electron chi connectivity index (χ2n) is 4.97. The van der Waals surface area contributed by atoms with Crippen molar-refractivity contribution in [3.8, 4) is 0 Å². The molecule has 0 aliphatic carbocycles. The number of aromatic nitrogens is 1. The number of hydrogen-bond donors (Lipinski definition) is 1. The van der Waals surface area contributed by atoms with Crippen LogP contribution in [-0.4, -0.2) is 11.5 Å². The van der Waals surface area contributed by atoms with Gasteiger partial charge in [0.25, 0.3) is 0 Å². The molecule has 1 N–H and O–H groups in total. The zero-order chi connectivity index (χ0) is 13.1. The third kappa shape index (κ3) is 6.50. The normalized spacial score (nSPS) is 12.8. The van der Waals surface area contributed by atoms with Gasteiger partial charge in [0, 0.05) is 17.1 Å². The molecule has 18 heavy (non-hydrogen) atoms. The van der Waals surface area contributed by atoms with Gasteiger partial charge in [0.15, 0.2) is 0 Å². The van der Waals surface area contributed by atoms with Gasteiger partial charge in [-0.25, -0.2) is 0 Å². The van der Waals surface area contributed by atoms with Crippen LogP contribution in [0.15, 0.2) is 11.7 Å². The lowest BCUT2D eigenvalue weighted by Crippen LogP contribution is -2.21. The van der Waals surface area contributed by atoms with Crippen LogP contribution in [0.3, 0.4) is 0 Å². The van der Waals surface area contributed by atoms with E-state index >= 15 is 0 Å². The summed E-state index contributed by atoms with van der Waals surface area (Å²) in [6.07, 6.45) is 12.7. The van der Waals surface area contributed by atoms with Gasteiger partial charge in [-0.15, -0.1) is 11.3 Å². The van der Waals surface area contributed by atoms with Gasteiger partial charge in [0.1, 0.15) is 0 Å². The van der Waals surface area contributed by atoms with Crippen molar-refractivity contribution in [1.82, 2.24) is 10.3 Å². The maximum atomic E-state index is 4.20. The van der Waals surface area contributed by atoms with Crippen molar-refractivity contribution in [3.05, 3.63) is 16.6 Å². The molecule has 0 fully saturated rings. The molecule has 104 valence electrons. The molecule has 1 heterocycles. The largest absolute Gasteiger partial charge is 0.309 e. The van der Waals surface area contributed by atoms with Gasteiger partial charge < -0.3 is 5.32 Å². The van der Waals surface area contributed by atoms with Gasteiger partial charge in [-0.3, -0.25) is 4.98 Å². The SMILES string of the molecule is CCCCCCCCC(NCCC)c1cncs1. The first kappa shape index (κ1) is 15.6. The van der Waals surface area contributed by atoms with E-state index in [0.29, 0.717) is 6.04 Å². The molecule has 0 bridgehead atoms. The minimum atomic E-state index is 0.531. The molecule has 0 radical (unpaired) electrons. The lowest BCUT2D eigenvalue weighted by Gasteiger charge is -2.16. The first-order chi connectivity index (χ1) is 8.88. The molecular formula is C15H28N2S. The fraction of sp³-hybridized carbons (Fsp3) is 0.800. The molecule has 1 aromatic heterocycles. The molecule has 0 spiro atoms. The minimum Gasteiger partial charge on any atom is -0.309 e. The van der Waals surface area contributed by atoms with Crippen LogP contribution in [-0.2, 0) is 0 Å². The molecule has 1 unspecified atom stereocenters. The predicted octanol–water partition coefficient (Wildman–Crippen LogP) is 4.93. The zero-order valence-electron chi connectivity index (χ0n) is 12.0. The molecule has 0 aromatic carbocycles. The highest BCUT2D eigenvalue weighted by atomic mass is 32.1. The number of hydrogen-bond acceptors (Lipinski definition) is 3. The number of unbranched alkanes of at least 4 members (excludes halogenated alkanes) is 5. The van der Waals surface area contributed by atoms with Crippen molar-refractivity contribution in [2.75, 3.05) is 6.54 Å². The van der Waals surface area contributed by atoms with Crippen LogP contribution in [0.4, 0.5) is 0 Å². The Morgan fingerprint density at radius 3 is 2.56 bits per heavy atom. The Bertz CT molecular complexity index is 272. The molecule has 0 aliphatic heterocycles. The fourth-order valence-electron chi connectivity index (χ4n) is 2.19. The summed E-state index contributed by atoms with van der Waals surface area (Å²) in [6, 6.07) is 0.531. The Kier molecular flexibility index (Phi) is 9.13. The Balaban J connectivity index is 2.20. The Hall–Kier alpha value is -0.410. The standard InChI is InChI=1S/C15H28N2S/c1-3-5-6-7-8-9-10-14(17-11-4-2)15-12-16-13-18-15/h12-14,17H,3-11H2,1-2H3. The smallest absolute Gasteiger partial charge is 0.0794 e. The molecule has 0 amide bonds. The summed E-state index contributed by atoms with van der Waals surface area (Å²) in [5, 5.41) is 3.64. The first-order valence-corrected chi connectivity index (χ1v) is 8.38. The zero-order valence-corrected chi connectivity index (χ0v) is 12.8. The number of thiazole rings is 1. The molecule has 1 atom stereocenters. The monoisotopic (exact) mass is 268 g/mol. The van der Waals surface area contributed by atoms with E-state index in [2.05, 4.69) is 24.1 Å². The van der Waals surface area contributed by atoms with E-state index in [-0.39, 0.29) is 0 Å². The average molecular weight is 268 g/mol. The van der Waals surface area contributed by atoms with E-state index in [4.69, 9.17) is 0 Å². The molecule has 0 saturated heterocycles. The van der Waals surface area contributed by atoms with Crippen LogP contribution in [0.5, 0.6) is 0 Å². The molecule has 0 saturated carbocycles. The summed E-state index contributed by atoms with van der Waals surface area (Å²) in [5.41, 5.74) is 1.94. The molecule has 1 aromatic rings. The molecule has 3 heteroatoms. The summed E-state index contributed by atoms with van der Waals surface area (Å²) in [7, 11) is 0. The molecule has 1 rings (SSSR count). The lowest BCUT2D eigenvalue weighted by molar-refractivity contribution is 0.471. The maximum absolute atomic E-state index is 4.20. The van der Waals surface area contributed by atoms with Crippen LogP contribution in [0, 0.1) is 0 Å². The highest BCUT2D eigenvalue weighted by molar-refractivity contribution is 7.09. The van der Waals surface area contributed by atoms with Crippen molar-refractivity contribution in [3.63, 3.8) is 0 Å². The second-order valence-corrected chi connectivity index (χ2v) is 5.88. The van der Waals surface area contributed by atoms with Crippen molar-refractivity contribution in [2.45, 2.75) is 71.3 Å². The van der Waals surface area contributed by atoms with E-state index in [0.717, 1.165) is 6.54 Å². The third-order valence-electron chi connectivity index (χ3n) is 3.28. The van der Waals surface area contributed by atoms with Gasteiger partial charge in [0.2, 0.25) is 0 Å². The summed E-state index contributed by atoms with van der Waals surface area (Å²) in [5.74, 6) is 0. The minimum absolute atomic E-state index is 0.531. The third-order valence-corrected chi connectivity index (χ3v) is 4.17. The Labute approximate surface area is 116 Å². The summed E-state index contributed by atoms with van der Waals surface area (Å²) in [4.78, 5) is 5.60. The van der Waals surface area contributed by atoms with Gasteiger partial charge >= 0.3 is 0 Å². The molecular weight excluding hydrogens is 240 g/mol. The average Bonchev–Trinajstić information content (AvgIpc) is 2.91. The predicted molar refractivity (Wildman–Crippen MR) is 81.1 cm³/mol. The van der Waals surface area contributed by atoms with Gasteiger partial charge in [-0.05, 0) is 19.4 Å². The quantitative estimate of drug-likeness (QED) is 0.575. The van der Waals surface area contributed by atoms with E-state index < -0.39 is 0 Å². The first-order valence-electron chi connectivity index (χ1n) is 7.50. The van der Waals surface area contributed by atoms with E-state index in [1.54, 1.807) is 11.3 Å². The topological polar surface area (TPSA) is 24.9 Å². The van der Waals surface area contributed by atoms with Crippen molar-refractivity contribution in [1.29, 1.82) is 0 Å². The summed E-state index contributed by atoms with van der Waals surface area (Å²) < 4.78 is 0. The van der Waals surface area contributed by atoms with E-state index in [1.807, 2.05) is 11.7 Å². The van der Waals surface area contributed by atoms with Crippen LogP contribution < -0.4 is 5.32 Å². The summed E-state index contributed by atoms with van der Waals surface area (Å²) >= 11 is 1.78. The van der Waals surface area contributed by atoms with Gasteiger partial charge in [-0.1, -0.05) is 52.4 Å². The van der Waals surface area contributed by atoms with Crippen LogP contribution in [0.25, 0.3) is 0 Å². The van der Waals surface area contributed by atoms with Crippen LogP contribution >= 0.6 is 11.3 Å². The summed E-state index contributed by atoms with van der Waals surface area (Å²) in [6.45, 7) is 5.61. The van der Waals surface area contributed by atoms with Gasteiger partial charge in [0.05, 0.1) is 5.51 Å². The van der Waals surface area contributed by atoms with Gasteiger partial charge in [-0.2, -0.15) is 0 Å². The highest BCUT2D eigenvalue weighted by Crippen LogP contribution is 2.23. The maximum Gasteiger partial charge on any atom is 0.0794 e. The van der Waals surface area contributed by atoms with Crippen molar-refractivity contribution >= 4 is 11.3 Å². The van der Waals surface area contributed by atoms with E-state index in [9.17, 15) is 0 Å². The number of nitrogens with one attached hydrogen (secondary N) is 1. The lowest BCUT2D eigenvalue weighted by atomic mass is 10.0. The van der Waals surface area contributed by atoms with Crippen LogP contribution in [0.2, 0.25) is 0 Å². The Morgan fingerprint density at radius 2 is 1.89 bits per heavy atom. The second kappa shape index (κ2) is 10.5. The van der Waals surface area contributed by atoms with Crippen LogP contribution in [0.1, 0.15) is 76.1 Å². The number of rotatable bonds is 11. The molecule has 0 aliphatic rings. The highest BCUT2D eigenvalue weighted by Gasteiger charge is 2.11.